The number of hydrogen-bond donors (Lipinski definition) is 1. The maximum absolute atomic E-state index is 11.5. The SMILES string of the molecule is O=C1NC(=O)C(Cc2ccc(N=Nc3ccccc3)cc2)S1. The molecule has 6 heteroatoms. The molecule has 1 atom stereocenters. The molecule has 1 N–H and O–H groups in total. The van der Waals surface area contributed by atoms with Gasteiger partial charge in [-0.2, -0.15) is 10.2 Å². The van der Waals surface area contributed by atoms with Crippen molar-refractivity contribution in [2.24, 2.45) is 10.2 Å². The van der Waals surface area contributed by atoms with E-state index < -0.39 is 0 Å². The molecule has 2 aromatic rings. The minimum atomic E-state index is -0.343. The molecule has 0 bridgehead atoms. The van der Waals surface area contributed by atoms with Crippen LogP contribution in [0.5, 0.6) is 0 Å². The van der Waals surface area contributed by atoms with Crippen LogP contribution in [0.3, 0.4) is 0 Å². The van der Waals surface area contributed by atoms with Gasteiger partial charge in [0.15, 0.2) is 0 Å². The molecule has 22 heavy (non-hydrogen) atoms. The van der Waals surface area contributed by atoms with Crippen LogP contribution in [0.4, 0.5) is 16.2 Å². The standard InChI is InChI=1S/C16H13N3O2S/c20-15-14(22-16(21)17-15)10-11-6-8-13(9-7-11)19-18-12-4-2-1-3-5-12/h1-9,14H,10H2,(H,17,20,21). The average Bonchev–Trinajstić information content (AvgIpc) is 2.85. The fourth-order valence-electron chi connectivity index (χ4n) is 2.05. The molecule has 1 unspecified atom stereocenters. The van der Waals surface area contributed by atoms with Crippen LogP contribution in [0.15, 0.2) is 64.8 Å². The number of amides is 2. The van der Waals surface area contributed by atoms with Gasteiger partial charge in [-0.15, -0.1) is 0 Å². The Labute approximate surface area is 131 Å². The molecule has 110 valence electrons. The first-order valence-corrected chi connectivity index (χ1v) is 7.66. The summed E-state index contributed by atoms with van der Waals surface area (Å²) in [6.45, 7) is 0. The molecule has 5 nitrogen and oxygen atoms in total. The minimum absolute atomic E-state index is 0.220. The number of benzene rings is 2. The zero-order valence-corrected chi connectivity index (χ0v) is 12.4. The summed E-state index contributed by atoms with van der Waals surface area (Å²) in [5.74, 6) is -0.220. The van der Waals surface area contributed by atoms with Crippen LogP contribution in [0, 0.1) is 0 Å². The smallest absolute Gasteiger partial charge is 0.286 e. The third-order valence-corrected chi connectivity index (χ3v) is 4.14. The predicted octanol–water partition coefficient (Wildman–Crippen LogP) is 4.00. The lowest BCUT2D eigenvalue weighted by atomic mass is 10.1. The van der Waals surface area contributed by atoms with Gasteiger partial charge in [0.1, 0.15) is 0 Å². The van der Waals surface area contributed by atoms with Crippen LogP contribution in [-0.2, 0) is 11.2 Å². The van der Waals surface area contributed by atoms with Gasteiger partial charge < -0.3 is 0 Å². The van der Waals surface area contributed by atoms with Gasteiger partial charge >= 0.3 is 0 Å². The Balaban J connectivity index is 1.64. The first-order valence-electron chi connectivity index (χ1n) is 6.78. The normalized spacial score (nSPS) is 17.9. The van der Waals surface area contributed by atoms with E-state index in [4.69, 9.17) is 0 Å². The van der Waals surface area contributed by atoms with Gasteiger partial charge in [-0.1, -0.05) is 42.1 Å². The third-order valence-electron chi connectivity index (χ3n) is 3.16. The largest absolute Gasteiger partial charge is 0.286 e. The highest BCUT2D eigenvalue weighted by atomic mass is 32.2. The van der Waals surface area contributed by atoms with Crippen molar-refractivity contribution in [3.63, 3.8) is 0 Å². The fraction of sp³-hybridized carbons (Fsp3) is 0.125. The second-order valence-corrected chi connectivity index (χ2v) is 5.96. The zero-order chi connectivity index (χ0) is 15.4. The highest BCUT2D eigenvalue weighted by Gasteiger charge is 2.31. The minimum Gasteiger partial charge on any atom is -0.286 e. The van der Waals surface area contributed by atoms with E-state index in [-0.39, 0.29) is 16.4 Å². The topological polar surface area (TPSA) is 70.9 Å². The van der Waals surface area contributed by atoms with Gasteiger partial charge in [0.2, 0.25) is 5.91 Å². The number of nitrogens with one attached hydrogen (secondary N) is 1. The lowest BCUT2D eigenvalue weighted by molar-refractivity contribution is -0.118. The van der Waals surface area contributed by atoms with Crippen LogP contribution in [0.25, 0.3) is 0 Å². The van der Waals surface area contributed by atoms with Crippen molar-refractivity contribution >= 4 is 34.3 Å². The molecule has 1 aliphatic rings. The summed E-state index contributed by atoms with van der Waals surface area (Å²) in [5.41, 5.74) is 2.53. The van der Waals surface area contributed by atoms with Crippen LogP contribution in [0.1, 0.15) is 5.56 Å². The van der Waals surface area contributed by atoms with E-state index in [1.165, 1.54) is 0 Å². The summed E-state index contributed by atoms with van der Waals surface area (Å²) >= 11 is 1.04. The van der Waals surface area contributed by atoms with Gasteiger partial charge in [0.05, 0.1) is 16.6 Å². The van der Waals surface area contributed by atoms with Crippen LogP contribution in [0.2, 0.25) is 0 Å². The van der Waals surface area contributed by atoms with E-state index in [0.717, 1.165) is 28.7 Å². The molecule has 2 amide bonds. The molecule has 0 saturated carbocycles. The molecule has 3 rings (SSSR count). The Kier molecular flexibility index (Phi) is 4.29. The van der Waals surface area contributed by atoms with Crippen molar-refractivity contribution in [2.45, 2.75) is 11.7 Å². The number of thioether (sulfide) groups is 1. The average molecular weight is 311 g/mol. The lowest BCUT2D eigenvalue weighted by Gasteiger charge is -2.05. The highest BCUT2D eigenvalue weighted by molar-refractivity contribution is 8.15. The van der Waals surface area contributed by atoms with Crippen molar-refractivity contribution < 1.29 is 9.59 Å². The molecular formula is C16H13N3O2S. The Morgan fingerprint density at radius 3 is 2.14 bits per heavy atom. The van der Waals surface area contributed by atoms with Crippen LogP contribution < -0.4 is 5.32 Å². The number of hydrogen-bond acceptors (Lipinski definition) is 5. The van der Waals surface area contributed by atoms with Gasteiger partial charge in [0.25, 0.3) is 5.24 Å². The number of azo groups is 1. The van der Waals surface area contributed by atoms with Gasteiger partial charge in [0, 0.05) is 0 Å². The fourth-order valence-corrected chi connectivity index (χ4v) is 2.91. The van der Waals surface area contributed by atoms with Crippen molar-refractivity contribution in [1.29, 1.82) is 0 Å². The molecule has 0 aliphatic carbocycles. The predicted molar refractivity (Wildman–Crippen MR) is 85.7 cm³/mol. The van der Waals surface area contributed by atoms with E-state index in [1.807, 2.05) is 54.6 Å². The number of carbonyl (C=O) groups excluding carboxylic acids is 2. The number of rotatable bonds is 4. The quantitative estimate of drug-likeness (QED) is 0.868. The summed E-state index contributed by atoms with van der Waals surface area (Å²) in [6, 6.07) is 17.0. The van der Waals surface area contributed by atoms with E-state index in [0.29, 0.717) is 6.42 Å². The van der Waals surface area contributed by atoms with Gasteiger partial charge in [-0.3, -0.25) is 14.9 Å². The molecule has 2 aromatic carbocycles. The molecule has 1 fully saturated rings. The molecule has 0 radical (unpaired) electrons. The molecular weight excluding hydrogens is 298 g/mol. The number of imide groups is 1. The zero-order valence-electron chi connectivity index (χ0n) is 11.6. The monoisotopic (exact) mass is 311 g/mol. The van der Waals surface area contributed by atoms with Crippen LogP contribution >= 0.6 is 11.8 Å². The van der Waals surface area contributed by atoms with Crippen molar-refractivity contribution in [3.8, 4) is 0 Å². The van der Waals surface area contributed by atoms with E-state index >= 15 is 0 Å². The number of nitrogens with zero attached hydrogens (tertiary/aromatic N) is 2. The first-order chi connectivity index (χ1) is 10.7. The summed E-state index contributed by atoms with van der Waals surface area (Å²) in [4.78, 5) is 22.7. The van der Waals surface area contributed by atoms with Crippen molar-refractivity contribution in [3.05, 3.63) is 60.2 Å². The second-order valence-electron chi connectivity index (χ2n) is 4.79. The maximum Gasteiger partial charge on any atom is 0.286 e. The summed E-state index contributed by atoms with van der Waals surface area (Å²) in [6.07, 6.45) is 0.526. The van der Waals surface area contributed by atoms with Crippen LogP contribution in [-0.4, -0.2) is 16.4 Å². The van der Waals surface area contributed by atoms with Crippen molar-refractivity contribution in [2.75, 3.05) is 0 Å². The van der Waals surface area contributed by atoms with E-state index in [1.54, 1.807) is 0 Å². The Morgan fingerprint density at radius 2 is 1.55 bits per heavy atom. The van der Waals surface area contributed by atoms with Gasteiger partial charge in [-0.25, -0.2) is 0 Å². The summed E-state index contributed by atoms with van der Waals surface area (Å²) in [7, 11) is 0. The summed E-state index contributed by atoms with van der Waals surface area (Å²) in [5, 5.41) is 9.98. The van der Waals surface area contributed by atoms with E-state index in [9.17, 15) is 9.59 Å². The second kappa shape index (κ2) is 6.53. The lowest BCUT2D eigenvalue weighted by Crippen LogP contribution is -2.25. The molecule has 1 saturated heterocycles. The first kappa shape index (κ1) is 14.5. The highest BCUT2D eigenvalue weighted by Crippen LogP contribution is 2.24. The molecule has 0 spiro atoms. The van der Waals surface area contributed by atoms with Gasteiger partial charge in [-0.05, 0) is 36.2 Å². The Bertz CT molecular complexity index is 714. The Morgan fingerprint density at radius 1 is 0.909 bits per heavy atom. The van der Waals surface area contributed by atoms with Crippen molar-refractivity contribution in [1.82, 2.24) is 5.32 Å². The number of carbonyl (C=O) groups is 2. The molecule has 1 aliphatic heterocycles. The Hall–Kier alpha value is -2.47. The molecule has 0 aromatic heterocycles. The third kappa shape index (κ3) is 3.59. The maximum atomic E-state index is 11.5. The summed E-state index contributed by atoms with van der Waals surface area (Å²) < 4.78 is 0. The van der Waals surface area contributed by atoms with E-state index in [2.05, 4.69) is 15.5 Å². The molecule has 1 heterocycles.